The summed E-state index contributed by atoms with van der Waals surface area (Å²) in [6.45, 7) is 0.479. The van der Waals surface area contributed by atoms with Crippen LogP contribution in [0.4, 0.5) is 5.88 Å². The predicted molar refractivity (Wildman–Crippen MR) is 57.1 cm³/mol. The predicted octanol–water partition coefficient (Wildman–Crippen LogP) is 2.48. The highest BCUT2D eigenvalue weighted by atomic mass is 16.4. The first-order chi connectivity index (χ1) is 6.88. The van der Waals surface area contributed by atoms with Crippen LogP contribution in [0.5, 0.6) is 0 Å². The lowest BCUT2D eigenvalue weighted by Crippen LogP contribution is -2.21. The van der Waals surface area contributed by atoms with Crippen molar-refractivity contribution in [1.29, 1.82) is 0 Å². The molecule has 1 saturated carbocycles. The second-order valence-corrected chi connectivity index (χ2v) is 3.95. The fourth-order valence-corrected chi connectivity index (χ4v) is 2.01. The molecule has 0 radical (unpaired) electrons. The Hall–Kier alpha value is -0.960. The van der Waals surface area contributed by atoms with Gasteiger partial charge in [0, 0.05) is 12.1 Å². The summed E-state index contributed by atoms with van der Waals surface area (Å²) in [5.41, 5.74) is 5.47. The van der Waals surface area contributed by atoms with Crippen molar-refractivity contribution in [2.24, 2.45) is 5.73 Å². The van der Waals surface area contributed by atoms with E-state index in [1.54, 1.807) is 0 Å². The van der Waals surface area contributed by atoms with Crippen LogP contribution in [0.3, 0.4) is 0 Å². The van der Waals surface area contributed by atoms with Gasteiger partial charge in [0.15, 0.2) is 5.88 Å². The molecule has 0 saturated heterocycles. The highest BCUT2D eigenvalue weighted by molar-refractivity contribution is 5.33. The maximum atomic E-state index is 5.50. The Morgan fingerprint density at radius 3 is 2.71 bits per heavy atom. The fourth-order valence-electron chi connectivity index (χ4n) is 2.01. The maximum absolute atomic E-state index is 5.50. The van der Waals surface area contributed by atoms with Crippen LogP contribution in [0.15, 0.2) is 16.5 Å². The van der Waals surface area contributed by atoms with Gasteiger partial charge in [0.25, 0.3) is 0 Å². The average molecular weight is 194 g/mol. The Kier molecular flexibility index (Phi) is 3.09. The molecule has 14 heavy (non-hydrogen) atoms. The average Bonchev–Trinajstić information content (AvgIpc) is 2.67. The van der Waals surface area contributed by atoms with Gasteiger partial charge in [0.05, 0.1) is 6.54 Å². The lowest BCUT2D eigenvalue weighted by Gasteiger charge is -2.22. The Balaban J connectivity index is 1.89. The van der Waals surface area contributed by atoms with Crippen LogP contribution in [-0.2, 0) is 6.54 Å². The molecule has 0 unspecified atom stereocenters. The van der Waals surface area contributed by atoms with E-state index < -0.39 is 0 Å². The second-order valence-electron chi connectivity index (χ2n) is 3.95. The molecule has 1 aromatic heterocycles. The van der Waals surface area contributed by atoms with Gasteiger partial charge in [-0.15, -0.1) is 0 Å². The van der Waals surface area contributed by atoms with E-state index >= 15 is 0 Å². The first-order valence-electron chi connectivity index (χ1n) is 5.44. The standard InChI is InChI=1S/C11H18N2O/c12-8-10-6-7-11(14-10)13-9-4-2-1-3-5-9/h6-7,9,13H,1-5,8,12H2. The summed E-state index contributed by atoms with van der Waals surface area (Å²) in [6, 6.07) is 4.50. The van der Waals surface area contributed by atoms with E-state index in [2.05, 4.69) is 5.32 Å². The van der Waals surface area contributed by atoms with E-state index in [1.807, 2.05) is 12.1 Å². The molecule has 3 N–H and O–H groups in total. The third kappa shape index (κ3) is 2.29. The van der Waals surface area contributed by atoms with E-state index in [0.29, 0.717) is 12.6 Å². The van der Waals surface area contributed by atoms with E-state index in [1.165, 1.54) is 32.1 Å². The quantitative estimate of drug-likeness (QED) is 0.777. The Labute approximate surface area is 84.7 Å². The van der Waals surface area contributed by atoms with Crippen LogP contribution < -0.4 is 11.1 Å². The van der Waals surface area contributed by atoms with Gasteiger partial charge in [-0.05, 0) is 18.9 Å². The fraction of sp³-hybridized carbons (Fsp3) is 0.636. The molecule has 78 valence electrons. The molecule has 0 bridgehead atoms. The lowest BCUT2D eigenvalue weighted by molar-refractivity contribution is 0.445. The molecule has 3 nitrogen and oxygen atoms in total. The van der Waals surface area contributed by atoms with E-state index in [0.717, 1.165) is 11.6 Å². The smallest absolute Gasteiger partial charge is 0.193 e. The van der Waals surface area contributed by atoms with E-state index in [4.69, 9.17) is 10.2 Å². The molecule has 3 heteroatoms. The zero-order chi connectivity index (χ0) is 9.80. The number of anilines is 1. The molecule has 2 rings (SSSR count). The minimum Gasteiger partial charge on any atom is -0.444 e. The molecule has 1 aliphatic carbocycles. The maximum Gasteiger partial charge on any atom is 0.193 e. The van der Waals surface area contributed by atoms with Gasteiger partial charge in [-0.1, -0.05) is 19.3 Å². The van der Waals surface area contributed by atoms with Crippen molar-refractivity contribution in [2.75, 3.05) is 5.32 Å². The van der Waals surface area contributed by atoms with E-state index in [9.17, 15) is 0 Å². The van der Waals surface area contributed by atoms with Gasteiger partial charge in [-0.2, -0.15) is 0 Å². The lowest BCUT2D eigenvalue weighted by atomic mass is 9.96. The molecule has 1 aromatic rings. The molecular weight excluding hydrogens is 176 g/mol. The van der Waals surface area contributed by atoms with Crippen LogP contribution in [0, 0.1) is 0 Å². The summed E-state index contributed by atoms with van der Waals surface area (Å²) in [5.74, 6) is 1.72. The molecule has 0 amide bonds. The Bertz CT molecular complexity index is 277. The highest BCUT2D eigenvalue weighted by Crippen LogP contribution is 2.22. The first kappa shape index (κ1) is 9.59. The van der Waals surface area contributed by atoms with Gasteiger partial charge in [0.1, 0.15) is 5.76 Å². The van der Waals surface area contributed by atoms with Gasteiger partial charge < -0.3 is 15.5 Å². The number of furan rings is 1. The molecule has 0 atom stereocenters. The highest BCUT2D eigenvalue weighted by Gasteiger charge is 2.13. The summed E-state index contributed by atoms with van der Waals surface area (Å²) < 4.78 is 5.50. The SMILES string of the molecule is NCc1ccc(NC2CCCCC2)o1. The van der Waals surface area contributed by atoms with Gasteiger partial charge in [0.2, 0.25) is 0 Å². The van der Waals surface area contributed by atoms with Crippen LogP contribution in [0.2, 0.25) is 0 Å². The van der Waals surface area contributed by atoms with Crippen molar-refractivity contribution in [2.45, 2.75) is 44.7 Å². The first-order valence-corrected chi connectivity index (χ1v) is 5.44. The van der Waals surface area contributed by atoms with Gasteiger partial charge in [-0.25, -0.2) is 0 Å². The zero-order valence-corrected chi connectivity index (χ0v) is 8.46. The summed E-state index contributed by atoms with van der Waals surface area (Å²) in [6.07, 6.45) is 6.58. The number of hydrogen-bond acceptors (Lipinski definition) is 3. The second kappa shape index (κ2) is 4.51. The minimum absolute atomic E-state index is 0.479. The zero-order valence-electron chi connectivity index (χ0n) is 8.46. The molecule has 1 heterocycles. The molecule has 1 aliphatic rings. The molecular formula is C11H18N2O. The normalized spacial score (nSPS) is 18.4. The topological polar surface area (TPSA) is 51.2 Å². The number of nitrogens with two attached hydrogens (primary N) is 1. The molecule has 1 fully saturated rings. The van der Waals surface area contributed by atoms with Crippen molar-refractivity contribution < 1.29 is 4.42 Å². The van der Waals surface area contributed by atoms with Gasteiger partial charge in [-0.3, -0.25) is 0 Å². The van der Waals surface area contributed by atoms with Crippen LogP contribution in [0.25, 0.3) is 0 Å². The third-order valence-corrected chi connectivity index (χ3v) is 2.81. The summed E-state index contributed by atoms with van der Waals surface area (Å²) in [5, 5.41) is 3.41. The van der Waals surface area contributed by atoms with Gasteiger partial charge >= 0.3 is 0 Å². The Morgan fingerprint density at radius 1 is 1.29 bits per heavy atom. The summed E-state index contributed by atoms with van der Waals surface area (Å²) in [4.78, 5) is 0. The largest absolute Gasteiger partial charge is 0.444 e. The van der Waals surface area contributed by atoms with Crippen molar-refractivity contribution in [3.8, 4) is 0 Å². The Morgan fingerprint density at radius 2 is 2.07 bits per heavy atom. The number of hydrogen-bond donors (Lipinski definition) is 2. The van der Waals surface area contributed by atoms with Crippen LogP contribution >= 0.6 is 0 Å². The molecule has 0 spiro atoms. The number of nitrogens with one attached hydrogen (secondary N) is 1. The molecule has 0 aromatic carbocycles. The summed E-state index contributed by atoms with van der Waals surface area (Å²) >= 11 is 0. The molecule has 0 aliphatic heterocycles. The van der Waals surface area contributed by atoms with E-state index in [-0.39, 0.29) is 0 Å². The van der Waals surface area contributed by atoms with Crippen LogP contribution in [-0.4, -0.2) is 6.04 Å². The van der Waals surface area contributed by atoms with Crippen LogP contribution in [0.1, 0.15) is 37.9 Å². The van der Waals surface area contributed by atoms with Crippen molar-refractivity contribution >= 4 is 5.88 Å². The monoisotopic (exact) mass is 194 g/mol. The van der Waals surface area contributed by atoms with Crippen molar-refractivity contribution in [3.05, 3.63) is 17.9 Å². The van der Waals surface area contributed by atoms with Crippen molar-refractivity contribution in [1.82, 2.24) is 0 Å². The minimum atomic E-state index is 0.479. The van der Waals surface area contributed by atoms with Crippen molar-refractivity contribution in [3.63, 3.8) is 0 Å². The summed E-state index contributed by atoms with van der Waals surface area (Å²) in [7, 11) is 0. The number of rotatable bonds is 3. The third-order valence-electron chi connectivity index (χ3n) is 2.81.